The van der Waals surface area contributed by atoms with Crippen LogP contribution in [0.25, 0.3) is 11.0 Å². The molecule has 2 aromatic carbocycles. The average molecular weight is 336 g/mol. The first-order valence-corrected chi connectivity index (χ1v) is 7.70. The summed E-state index contributed by atoms with van der Waals surface area (Å²) in [6.07, 6.45) is 1.45. The Kier molecular flexibility index (Phi) is 4.38. The Morgan fingerprint density at radius 2 is 1.88 bits per heavy atom. The van der Waals surface area contributed by atoms with Gasteiger partial charge in [-0.05, 0) is 24.6 Å². The minimum absolute atomic E-state index is 0.00399. The predicted molar refractivity (Wildman–Crippen MR) is 93.1 cm³/mol. The van der Waals surface area contributed by atoms with E-state index in [0.29, 0.717) is 16.6 Å². The van der Waals surface area contributed by atoms with E-state index in [0.717, 1.165) is 0 Å². The molecule has 0 saturated carbocycles. The van der Waals surface area contributed by atoms with Crippen LogP contribution in [0.2, 0.25) is 0 Å². The van der Waals surface area contributed by atoms with Crippen LogP contribution in [0.4, 0.5) is 5.69 Å². The van der Waals surface area contributed by atoms with Crippen LogP contribution in [0.1, 0.15) is 29.0 Å². The van der Waals surface area contributed by atoms with Crippen LogP contribution in [0.3, 0.4) is 0 Å². The molecule has 0 aliphatic carbocycles. The highest BCUT2D eigenvalue weighted by molar-refractivity contribution is 5.93. The number of para-hydroxylation sites is 2. The van der Waals surface area contributed by atoms with Gasteiger partial charge in [-0.25, -0.2) is 4.98 Å². The predicted octanol–water partition coefficient (Wildman–Crippen LogP) is 3.37. The molecule has 3 rings (SSSR count). The van der Waals surface area contributed by atoms with Crippen molar-refractivity contribution < 1.29 is 9.72 Å². The number of hydrogen-bond donors (Lipinski definition) is 0. The van der Waals surface area contributed by atoms with Crippen LogP contribution >= 0.6 is 0 Å². The Bertz CT molecular complexity index is 958. The summed E-state index contributed by atoms with van der Waals surface area (Å²) in [5.74, 6) is -0.294. The number of aromatic nitrogens is 2. The van der Waals surface area contributed by atoms with E-state index in [1.165, 1.54) is 23.2 Å². The third kappa shape index (κ3) is 3.30. The second-order valence-electron chi connectivity index (χ2n) is 5.69. The Labute approximate surface area is 144 Å². The molecule has 0 aliphatic rings. The zero-order valence-electron chi connectivity index (χ0n) is 13.8. The van der Waals surface area contributed by atoms with Gasteiger partial charge >= 0.3 is 0 Å². The fourth-order valence-electron chi connectivity index (χ4n) is 2.54. The molecule has 0 aliphatic heterocycles. The van der Waals surface area contributed by atoms with Gasteiger partial charge in [0.15, 0.2) is 0 Å². The van der Waals surface area contributed by atoms with Crippen molar-refractivity contribution >= 4 is 22.6 Å². The Morgan fingerprint density at radius 1 is 1.16 bits per heavy atom. The van der Waals surface area contributed by atoms with Gasteiger partial charge in [0, 0.05) is 19.2 Å². The third-order valence-corrected chi connectivity index (χ3v) is 4.13. The Balaban J connectivity index is 1.87. The highest BCUT2D eigenvalue weighted by atomic mass is 16.6. The first-order chi connectivity index (χ1) is 12.0. The van der Waals surface area contributed by atoms with Crippen LogP contribution < -0.4 is 0 Å². The molecule has 0 fully saturated rings. The molecule has 126 valence electrons. The molecule has 3 aromatic rings. The zero-order valence-corrected chi connectivity index (χ0v) is 13.8. The van der Waals surface area contributed by atoms with Crippen molar-refractivity contribution in [3.63, 3.8) is 0 Å². The minimum atomic E-state index is -0.452. The van der Waals surface area contributed by atoms with E-state index < -0.39 is 4.92 Å². The van der Waals surface area contributed by atoms with E-state index in [1.807, 2.05) is 25.1 Å². The van der Waals surface area contributed by atoms with Gasteiger partial charge < -0.3 is 4.90 Å². The quantitative estimate of drug-likeness (QED) is 0.538. The van der Waals surface area contributed by atoms with E-state index in [-0.39, 0.29) is 23.3 Å². The lowest BCUT2D eigenvalue weighted by Crippen LogP contribution is -2.30. The molecule has 1 heterocycles. The van der Waals surface area contributed by atoms with Gasteiger partial charge in [-0.3, -0.25) is 19.9 Å². The molecule has 0 bridgehead atoms. The Hall–Kier alpha value is -3.35. The van der Waals surface area contributed by atoms with Crippen LogP contribution in [-0.2, 0) is 0 Å². The van der Waals surface area contributed by atoms with Crippen molar-refractivity contribution in [2.24, 2.45) is 0 Å². The van der Waals surface area contributed by atoms with E-state index in [1.54, 1.807) is 25.2 Å². The average Bonchev–Trinajstić information content (AvgIpc) is 2.65. The van der Waals surface area contributed by atoms with E-state index in [9.17, 15) is 14.9 Å². The number of carbonyl (C=O) groups excluding carboxylic acids is 1. The molecular formula is C18H16N4O3. The second-order valence-corrected chi connectivity index (χ2v) is 5.69. The van der Waals surface area contributed by atoms with Crippen molar-refractivity contribution in [3.05, 3.63) is 76.1 Å². The van der Waals surface area contributed by atoms with Gasteiger partial charge in [0.2, 0.25) is 0 Å². The number of nitro groups is 1. The maximum absolute atomic E-state index is 12.7. The van der Waals surface area contributed by atoms with Crippen molar-refractivity contribution in [1.82, 2.24) is 14.9 Å². The highest BCUT2D eigenvalue weighted by Crippen LogP contribution is 2.24. The van der Waals surface area contributed by atoms with E-state index >= 15 is 0 Å². The zero-order chi connectivity index (χ0) is 18.0. The number of carbonyl (C=O) groups is 1. The molecule has 1 amide bonds. The molecule has 7 nitrogen and oxygen atoms in total. The minimum Gasteiger partial charge on any atom is -0.334 e. The molecule has 1 aromatic heterocycles. The van der Waals surface area contributed by atoms with E-state index in [4.69, 9.17) is 0 Å². The summed E-state index contributed by atoms with van der Waals surface area (Å²) in [6.45, 7) is 1.81. The molecule has 0 radical (unpaired) electrons. The van der Waals surface area contributed by atoms with Crippen molar-refractivity contribution in [2.75, 3.05) is 7.05 Å². The molecule has 1 unspecified atom stereocenters. The number of amides is 1. The molecule has 0 saturated heterocycles. The number of nitro benzene ring substituents is 1. The monoisotopic (exact) mass is 336 g/mol. The lowest BCUT2D eigenvalue weighted by Gasteiger charge is -2.24. The van der Waals surface area contributed by atoms with Crippen LogP contribution in [0.5, 0.6) is 0 Å². The number of hydrogen-bond acceptors (Lipinski definition) is 5. The molecule has 1 atom stereocenters. The lowest BCUT2D eigenvalue weighted by atomic mass is 10.1. The maximum atomic E-state index is 12.7. The summed E-state index contributed by atoms with van der Waals surface area (Å²) in [4.78, 5) is 33.3. The van der Waals surface area contributed by atoms with Crippen molar-refractivity contribution in [3.8, 4) is 0 Å². The molecule has 0 N–H and O–H groups in total. The maximum Gasteiger partial charge on any atom is 0.274 e. The number of rotatable bonds is 4. The summed E-state index contributed by atoms with van der Waals surface area (Å²) >= 11 is 0. The van der Waals surface area contributed by atoms with Crippen LogP contribution in [0, 0.1) is 10.1 Å². The molecule has 0 spiro atoms. The standard InChI is InChI=1S/C18H16N4O3/c1-12(13-6-5-7-14(10-13)22(24)25)21(2)18(23)17-11-19-15-8-3-4-9-16(15)20-17/h3-12H,1-2H3. The number of nitrogens with zero attached hydrogens (tertiary/aromatic N) is 4. The lowest BCUT2D eigenvalue weighted by molar-refractivity contribution is -0.384. The Morgan fingerprint density at radius 3 is 2.60 bits per heavy atom. The number of non-ortho nitro benzene ring substituents is 1. The van der Waals surface area contributed by atoms with Crippen molar-refractivity contribution in [1.29, 1.82) is 0 Å². The van der Waals surface area contributed by atoms with Gasteiger partial charge in [-0.1, -0.05) is 24.3 Å². The summed E-state index contributed by atoms with van der Waals surface area (Å²) in [6, 6.07) is 13.2. The first-order valence-electron chi connectivity index (χ1n) is 7.70. The third-order valence-electron chi connectivity index (χ3n) is 4.13. The molecule has 7 heteroatoms. The summed E-state index contributed by atoms with van der Waals surface area (Å²) in [7, 11) is 1.64. The summed E-state index contributed by atoms with van der Waals surface area (Å²) in [5.41, 5.74) is 2.27. The fourth-order valence-corrected chi connectivity index (χ4v) is 2.54. The highest BCUT2D eigenvalue weighted by Gasteiger charge is 2.22. The summed E-state index contributed by atoms with van der Waals surface area (Å²) in [5, 5.41) is 10.9. The van der Waals surface area contributed by atoms with Crippen LogP contribution in [-0.4, -0.2) is 32.7 Å². The van der Waals surface area contributed by atoms with Gasteiger partial charge in [0.05, 0.1) is 28.2 Å². The van der Waals surface area contributed by atoms with Gasteiger partial charge in [0.1, 0.15) is 5.69 Å². The van der Waals surface area contributed by atoms with Crippen molar-refractivity contribution in [2.45, 2.75) is 13.0 Å². The number of benzene rings is 2. The summed E-state index contributed by atoms with van der Waals surface area (Å²) < 4.78 is 0. The smallest absolute Gasteiger partial charge is 0.274 e. The van der Waals surface area contributed by atoms with Crippen LogP contribution in [0.15, 0.2) is 54.7 Å². The second kappa shape index (κ2) is 6.64. The topological polar surface area (TPSA) is 89.2 Å². The molecule has 25 heavy (non-hydrogen) atoms. The largest absolute Gasteiger partial charge is 0.334 e. The SMILES string of the molecule is CC(c1cccc([N+](=O)[O-])c1)N(C)C(=O)c1cnc2ccccc2n1. The number of fused-ring (bicyclic) bond motifs is 1. The fraction of sp³-hybridized carbons (Fsp3) is 0.167. The van der Waals surface area contributed by atoms with Gasteiger partial charge in [-0.15, -0.1) is 0 Å². The molecular weight excluding hydrogens is 320 g/mol. The van der Waals surface area contributed by atoms with Gasteiger partial charge in [-0.2, -0.15) is 0 Å². The normalized spacial score (nSPS) is 11.9. The van der Waals surface area contributed by atoms with Gasteiger partial charge in [0.25, 0.3) is 11.6 Å². The first kappa shape index (κ1) is 16.5. The van der Waals surface area contributed by atoms with E-state index in [2.05, 4.69) is 9.97 Å².